The molecular weight excluding hydrogens is 241 g/mol. The maximum atomic E-state index is 13.3. The molecule has 2 aromatic rings. The van der Waals surface area contributed by atoms with Crippen LogP contribution in [0.1, 0.15) is 23.5 Å². The van der Waals surface area contributed by atoms with Crippen LogP contribution >= 0.6 is 0 Å². The van der Waals surface area contributed by atoms with Crippen molar-refractivity contribution in [2.75, 3.05) is 13.6 Å². The van der Waals surface area contributed by atoms with Crippen LogP contribution < -0.4 is 5.32 Å². The first kappa shape index (κ1) is 13.7. The molecule has 0 saturated carbocycles. The molecule has 0 saturated heterocycles. The van der Waals surface area contributed by atoms with Gasteiger partial charge in [-0.2, -0.15) is 5.10 Å². The smallest absolute Gasteiger partial charge is 0.123 e. The summed E-state index contributed by atoms with van der Waals surface area (Å²) in [4.78, 5) is 0. The molecule has 1 aromatic carbocycles. The SMILES string of the molecule is CNCC(CCc1cnn(C)c1)c1cccc(F)c1. The lowest BCUT2D eigenvalue weighted by Gasteiger charge is -2.16. The number of hydrogen-bond acceptors (Lipinski definition) is 2. The van der Waals surface area contributed by atoms with Crippen molar-refractivity contribution >= 4 is 0 Å². The van der Waals surface area contributed by atoms with Gasteiger partial charge in [-0.25, -0.2) is 4.39 Å². The third kappa shape index (κ3) is 3.89. The molecule has 0 aliphatic heterocycles. The van der Waals surface area contributed by atoms with E-state index in [9.17, 15) is 4.39 Å². The Labute approximate surface area is 113 Å². The molecule has 1 heterocycles. The monoisotopic (exact) mass is 261 g/mol. The molecule has 0 spiro atoms. The van der Waals surface area contributed by atoms with Crippen LogP contribution in [-0.2, 0) is 13.5 Å². The highest BCUT2D eigenvalue weighted by molar-refractivity contribution is 5.21. The summed E-state index contributed by atoms with van der Waals surface area (Å²) in [5.41, 5.74) is 2.28. The fourth-order valence-corrected chi connectivity index (χ4v) is 2.34. The molecule has 0 amide bonds. The lowest BCUT2D eigenvalue weighted by molar-refractivity contribution is 0.573. The summed E-state index contributed by atoms with van der Waals surface area (Å²) in [5.74, 6) is 0.154. The average Bonchev–Trinajstić information content (AvgIpc) is 2.80. The van der Waals surface area contributed by atoms with Crippen molar-refractivity contribution < 1.29 is 4.39 Å². The van der Waals surface area contributed by atoms with Crippen LogP contribution in [-0.4, -0.2) is 23.4 Å². The van der Waals surface area contributed by atoms with E-state index in [-0.39, 0.29) is 5.82 Å². The van der Waals surface area contributed by atoms with Gasteiger partial charge in [-0.3, -0.25) is 4.68 Å². The Hall–Kier alpha value is -1.68. The Kier molecular flexibility index (Phi) is 4.68. The number of nitrogens with zero attached hydrogens (tertiary/aromatic N) is 2. The highest BCUT2D eigenvalue weighted by Gasteiger charge is 2.12. The zero-order valence-corrected chi connectivity index (χ0v) is 11.4. The Bertz CT molecular complexity index is 522. The number of benzene rings is 1. The predicted octanol–water partition coefficient (Wildman–Crippen LogP) is 2.50. The Balaban J connectivity index is 2.03. The van der Waals surface area contributed by atoms with Gasteiger partial charge < -0.3 is 5.32 Å². The van der Waals surface area contributed by atoms with Crippen LogP contribution in [0.25, 0.3) is 0 Å². The van der Waals surface area contributed by atoms with E-state index in [1.54, 1.807) is 12.1 Å². The molecule has 4 heteroatoms. The summed E-state index contributed by atoms with van der Waals surface area (Å²) in [7, 11) is 3.84. The summed E-state index contributed by atoms with van der Waals surface area (Å²) in [6.07, 6.45) is 5.86. The van der Waals surface area contributed by atoms with Gasteiger partial charge in [-0.15, -0.1) is 0 Å². The van der Waals surface area contributed by atoms with Gasteiger partial charge in [-0.1, -0.05) is 12.1 Å². The molecule has 102 valence electrons. The number of aromatic nitrogens is 2. The zero-order valence-electron chi connectivity index (χ0n) is 11.4. The van der Waals surface area contributed by atoms with E-state index in [1.165, 1.54) is 11.6 Å². The molecule has 19 heavy (non-hydrogen) atoms. The van der Waals surface area contributed by atoms with Crippen molar-refractivity contribution in [2.45, 2.75) is 18.8 Å². The van der Waals surface area contributed by atoms with Crippen LogP contribution in [0.2, 0.25) is 0 Å². The van der Waals surface area contributed by atoms with Crippen LogP contribution in [0.4, 0.5) is 4.39 Å². The van der Waals surface area contributed by atoms with Gasteiger partial charge in [0.1, 0.15) is 5.82 Å². The normalized spacial score (nSPS) is 12.6. The van der Waals surface area contributed by atoms with E-state index in [0.29, 0.717) is 5.92 Å². The van der Waals surface area contributed by atoms with E-state index in [2.05, 4.69) is 10.4 Å². The fraction of sp³-hybridized carbons (Fsp3) is 0.400. The van der Waals surface area contributed by atoms with E-state index in [4.69, 9.17) is 0 Å². The Morgan fingerprint density at radius 3 is 2.89 bits per heavy atom. The topological polar surface area (TPSA) is 29.9 Å². The van der Waals surface area contributed by atoms with Crippen LogP contribution in [0.5, 0.6) is 0 Å². The van der Waals surface area contributed by atoms with Gasteiger partial charge in [0.25, 0.3) is 0 Å². The summed E-state index contributed by atoms with van der Waals surface area (Å²) in [6, 6.07) is 6.89. The molecule has 2 rings (SSSR count). The lowest BCUT2D eigenvalue weighted by atomic mass is 9.93. The number of hydrogen-bond donors (Lipinski definition) is 1. The van der Waals surface area contributed by atoms with Gasteiger partial charge in [0.15, 0.2) is 0 Å². The van der Waals surface area contributed by atoms with Gasteiger partial charge in [0.2, 0.25) is 0 Å². The second kappa shape index (κ2) is 6.48. The molecule has 0 aliphatic rings. The molecule has 0 radical (unpaired) electrons. The van der Waals surface area contributed by atoms with E-state index < -0.39 is 0 Å². The van der Waals surface area contributed by atoms with Crippen molar-refractivity contribution in [2.24, 2.45) is 7.05 Å². The second-order valence-electron chi connectivity index (χ2n) is 4.87. The first-order chi connectivity index (χ1) is 9.19. The first-order valence-electron chi connectivity index (χ1n) is 6.56. The minimum atomic E-state index is -0.167. The molecular formula is C15H20FN3. The van der Waals surface area contributed by atoms with Crippen molar-refractivity contribution in [1.82, 2.24) is 15.1 Å². The van der Waals surface area contributed by atoms with Crippen LogP contribution in [0.3, 0.4) is 0 Å². The molecule has 1 unspecified atom stereocenters. The van der Waals surface area contributed by atoms with Gasteiger partial charge in [0, 0.05) is 19.8 Å². The molecule has 0 aliphatic carbocycles. The average molecular weight is 261 g/mol. The third-order valence-electron chi connectivity index (χ3n) is 3.31. The molecule has 1 aromatic heterocycles. The summed E-state index contributed by atoms with van der Waals surface area (Å²) in [5, 5.41) is 7.35. The summed E-state index contributed by atoms with van der Waals surface area (Å²) in [6.45, 7) is 0.851. The maximum absolute atomic E-state index is 13.3. The minimum absolute atomic E-state index is 0.167. The van der Waals surface area contributed by atoms with Crippen LogP contribution in [0, 0.1) is 5.82 Å². The maximum Gasteiger partial charge on any atom is 0.123 e. The highest BCUT2D eigenvalue weighted by Crippen LogP contribution is 2.21. The number of likely N-dealkylation sites (N-methyl/N-ethyl adjacent to an activating group) is 1. The number of nitrogens with one attached hydrogen (secondary N) is 1. The number of rotatable bonds is 6. The van der Waals surface area contributed by atoms with Crippen molar-refractivity contribution in [3.8, 4) is 0 Å². The Morgan fingerprint density at radius 1 is 1.42 bits per heavy atom. The first-order valence-corrected chi connectivity index (χ1v) is 6.56. The quantitative estimate of drug-likeness (QED) is 0.866. The predicted molar refractivity (Wildman–Crippen MR) is 74.6 cm³/mol. The van der Waals surface area contributed by atoms with Gasteiger partial charge in [0.05, 0.1) is 6.20 Å². The molecule has 3 nitrogen and oxygen atoms in total. The largest absolute Gasteiger partial charge is 0.319 e. The second-order valence-corrected chi connectivity index (χ2v) is 4.87. The summed E-state index contributed by atoms with van der Waals surface area (Å²) < 4.78 is 15.1. The fourth-order valence-electron chi connectivity index (χ4n) is 2.34. The molecule has 1 atom stereocenters. The lowest BCUT2D eigenvalue weighted by Crippen LogP contribution is -2.18. The Morgan fingerprint density at radius 2 is 2.26 bits per heavy atom. The number of aryl methyl sites for hydroxylation is 2. The molecule has 0 bridgehead atoms. The zero-order chi connectivity index (χ0) is 13.7. The van der Waals surface area contributed by atoms with Crippen molar-refractivity contribution in [1.29, 1.82) is 0 Å². The van der Waals surface area contributed by atoms with E-state index in [1.807, 2.05) is 37.2 Å². The number of halogens is 1. The van der Waals surface area contributed by atoms with Crippen molar-refractivity contribution in [3.63, 3.8) is 0 Å². The van der Waals surface area contributed by atoms with Crippen molar-refractivity contribution in [3.05, 3.63) is 53.6 Å². The van der Waals surface area contributed by atoms with Gasteiger partial charge in [-0.05, 0) is 49.1 Å². The highest BCUT2D eigenvalue weighted by atomic mass is 19.1. The van der Waals surface area contributed by atoms with E-state index >= 15 is 0 Å². The molecule has 0 fully saturated rings. The van der Waals surface area contributed by atoms with E-state index in [0.717, 1.165) is 24.9 Å². The standard InChI is InChI=1S/C15H20FN3/c1-17-10-14(13-4-3-5-15(16)8-13)7-6-12-9-18-19(2)11-12/h3-5,8-9,11,14,17H,6-7,10H2,1-2H3. The minimum Gasteiger partial charge on any atom is -0.319 e. The van der Waals surface area contributed by atoms with Gasteiger partial charge >= 0.3 is 0 Å². The molecule has 1 N–H and O–H groups in total. The van der Waals surface area contributed by atoms with Crippen LogP contribution in [0.15, 0.2) is 36.7 Å². The third-order valence-corrected chi connectivity index (χ3v) is 3.31. The summed E-state index contributed by atoms with van der Waals surface area (Å²) >= 11 is 0.